The molecule has 0 spiro atoms. The highest BCUT2D eigenvalue weighted by Gasteiger charge is 2.45. The predicted molar refractivity (Wildman–Crippen MR) is 120 cm³/mol. The smallest absolute Gasteiger partial charge is 0.410 e. The number of nitrogens with zero attached hydrogens (tertiary/aromatic N) is 6. The number of piperidine rings is 1. The molecular formula is C23H25N7O3. The Bertz CT molecular complexity index is 1260. The molecule has 10 heteroatoms. The zero-order valence-corrected chi connectivity index (χ0v) is 18.8. The second-order valence-corrected chi connectivity index (χ2v) is 9.51. The number of aliphatic imine (C=N–C) groups is 1. The lowest BCUT2D eigenvalue weighted by Gasteiger charge is -2.36. The quantitative estimate of drug-likeness (QED) is 0.592. The fourth-order valence-corrected chi connectivity index (χ4v) is 4.74. The van der Waals surface area contributed by atoms with Crippen LogP contribution in [0.1, 0.15) is 50.7 Å². The molecule has 0 bridgehead atoms. The molecule has 2 aromatic heterocycles. The highest BCUT2D eigenvalue weighted by molar-refractivity contribution is 5.99. The van der Waals surface area contributed by atoms with E-state index in [9.17, 15) is 4.79 Å². The molecule has 0 radical (unpaired) electrons. The standard InChI is InChI=1S/C23H25N7O3/c1-23(2,3)32-22(31)30-10-6-7-13(12-30)18-20(24-4)17(15-11-25-27-21(15)26-18)14-8-5-9-16-19(14)29-33-28-16/h5,8-9,11,13,17,20H,6-7,10,12H2,1-3H3,(H,25,27). The average Bonchev–Trinajstić information content (AvgIpc) is 3.45. The van der Waals surface area contributed by atoms with Crippen LogP contribution in [0.5, 0.6) is 0 Å². The number of fused-ring (bicyclic) bond motifs is 2. The molecule has 170 valence electrons. The van der Waals surface area contributed by atoms with Gasteiger partial charge >= 0.3 is 6.09 Å². The van der Waals surface area contributed by atoms with Crippen LogP contribution in [0.2, 0.25) is 0 Å². The third-order valence-corrected chi connectivity index (χ3v) is 6.12. The molecule has 0 aliphatic carbocycles. The summed E-state index contributed by atoms with van der Waals surface area (Å²) >= 11 is 0. The molecule has 1 aromatic carbocycles. The number of amides is 1. The molecule has 1 N–H and O–H groups in total. The van der Waals surface area contributed by atoms with E-state index in [1.807, 2.05) is 39.0 Å². The summed E-state index contributed by atoms with van der Waals surface area (Å²) in [5.74, 6) is 0.257. The first kappa shape index (κ1) is 21.1. The summed E-state index contributed by atoms with van der Waals surface area (Å²) in [7, 11) is 0. The number of aromatic nitrogens is 4. The third-order valence-electron chi connectivity index (χ3n) is 6.12. The number of likely N-dealkylation sites (tertiary alicyclic amines) is 1. The summed E-state index contributed by atoms with van der Waals surface area (Å²) in [6, 6.07) is 5.11. The van der Waals surface area contributed by atoms with Crippen molar-refractivity contribution in [3.63, 3.8) is 0 Å². The number of benzene rings is 1. The molecule has 1 amide bonds. The summed E-state index contributed by atoms with van der Waals surface area (Å²) in [5, 5.41) is 15.2. The van der Waals surface area contributed by atoms with E-state index in [0.29, 0.717) is 29.9 Å². The second kappa shape index (κ2) is 7.99. The lowest BCUT2D eigenvalue weighted by atomic mass is 9.77. The number of rotatable bonds is 2. The van der Waals surface area contributed by atoms with Crippen LogP contribution in [0.15, 0.2) is 34.0 Å². The minimum absolute atomic E-state index is 0.0565. The van der Waals surface area contributed by atoms with Crippen LogP contribution in [0.25, 0.3) is 15.9 Å². The van der Waals surface area contributed by atoms with Gasteiger partial charge < -0.3 is 14.5 Å². The molecule has 0 saturated carbocycles. The number of carbonyl (C=O) groups is 1. The van der Waals surface area contributed by atoms with Crippen LogP contribution in [0.4, 0.5) is 10.6 Å². The summed E-state index contributed by atoms with van der Waals surface area (Å²) in [6.45, 7) is 14.8. The van der Waals surface area contributed by atoms with E-state index in [2.05, 4.69) is 25.4 Å². The molecule has 33 heavy (non-hydrogen) atoms. The molecule has 3 unspecified atom stereocenters. The first-order chi connectivity index (χ1) is 15.9. The van der Waals surface area contributed by atoms with Gasteiger partial charge in [0.1, 0.15) is 22.3 Å². The SMILES string of the molecule is [C-]#[N+]C1C(C2CCCN(C(=O)OC(C)(C)C)C2)=Nc2[nH]ncc2C1c1cccc2nonc12. The highest BCUT2D eigenvalue weighted by Crippen LogP contribution is 2.43. The Morgan fingerprint density at radius 1 is 1.30 bits per heavy atom. The molecule has 10 nitrogen and oxygen atoms in total. The van der Waals surface area contributed by atoms with Crippen molar-refractivity contribution >= 4 is 28.7 Å². The van der Waals surface area contributed by atoms with Gasteiger partial charge in [-0.15, -0.1) is 0 Å². The third kappa shape index (κ3) is 3.84. The fourth-order valence-electron chi connectivity index (χ4n) is 4.74. The molecule has 1 fully saturated rings. The molecular weight excluding hydrogens is 422 g/mol. The first-order valence-corrected chi connectivity index (χ1v) is 11.0. The largest absolute Gasteiger partial charge is 0.444 e. The van der Waals surface area contributed by atoms with E-state index in [-0.39, 0.29) is 17.9 Å². The van der Waals surface area contributed by atoms with Crippen LogP contribution < -0.4 is 0 Å². The lowest BCUT2D eigenvalue weighted by molar-refractivity contribution is 0.0193. The Labute approximate surface area is 190 Å². The van der Waals surface area contributed by atoms with Crippen molar-refractivity contribution in [3.05, 3.63) is 46.9 Å². The Hall–Kier alpha value is -3.74. The van der Waals surface area contributed by atoms with Crippen LogP contribution in [0.3, 0.4) is 0 Å². The Morgan fingerprint density at radius 3 is 2.94 bits per heavy atom. The highest BCUT2D eigenvalue weighted by atomic mass is 16.6. The molecule has 4 heterocycles. The Kier molecular flexibility index (Phi) is 5.12. The zero-order chi connectivity index (χ0) is 23.2. The van der Waals surface area contributed by atoms with Gasteiger partial charge in [-0.3, -0.25) is 5.10 Å². The molecule has 1 saturated heterocycles. The van der Waals surface area contributed by atoms with Crippen molar-refractivity contribution in [2.75, 3.05) is 13.1 Å². The van der Waals surface area contributed by atoms with E-state index < -0.39 is 11.6 Å². The average molecular weight is 447 g/mol. The van der Waals surface area contributed by atoms with Crippen LogP contribution >= 0.6 is 0 Å². The number of nitrogens with one attached hydrogen (secondary N) is 1. The van der Waals surface area contributed by atoms with Crippen molar-refractivity contribution in [3.8, 4) is 0 Å². The van der Waals surface area contributed by atoms with Crippen molar-refractivity contribution in [2.45, 2.75) is 51.2 Å². The van der Waals surface area contributed by atoms with E-state index in [4.69, 9.17) is 20.9 Å². The number of carbonyl (C=O) groups excluding carboxylic acids is 1. The topological polar surface area (TPSA) is 114 Å². The monoisotopic (exact) mass is 447 g/mol. The second-order valence-electron chi connectivity index (χ2n) is 9.51. The summed E-state index contributed by atoms with van der Waals surface area (Å²) in [4.78, 5) is 23.3. The van der Waals surface area contributed by atoms with Crippen molar-refractivity contribution < 1.29 is 14.2 Å². The summed E-state index contributed by atoms with van der Waals surface area (Å²) in [6.07, 6.45) is 3.05. The fraction of sp³-hybridized carbons (Fsp3) is 0.478. The van der Waals surface area contributed by atoms with Gasteiger partial charge in [0.2, 0.25) is 0 Å². The predicted octanol–water partition coefficient (Wildman–Crippen LogP) is 4.10. The number of ether oxygens (including phenoxy) is 1. The van der Waals surface area contributed by atoms with Crippen molar-refractivity contribution in [1.29, 1.82) is 0 Å². The van der Waals surface area contributed by atoms with Gasteiger partial charge in [0, 0.05) is 24.6 Å². The Balaban J connectivity index is 1.52. The molecule has 5 rings (SSSR count). The number of H-pyrrole nitrogens is 1. The van der Waals surface area contributed by atoms with E-state index >= 15 is 0 Å². The maximum atomic E-state index is 12.7. The first-order valence-electron chi connectivity index (χ1n) is 11.0. The molecule has 2 aliphatic rings. The van der Waals surface area contributed by atoms with Gasteiger partial charge in [-0.1, -0.05) is 12.1 Å². The maximum Gasteiger partial charge on any atom is 0.410 e. The van der Waals surface area contributed by atoms with Gasteiger partial charge in [-0.25, -0.2) is 21.0 Å². The number of hydrogen-bond donors (Lipinski definition) is 1. The van der Waals surface area contributed by atoms with Gasteiger partial charge in [-0.05, 0) is 55.6 Å². The molecule has 2 aliphatic heterocycles. The van der Waals surface area contributed by atoms with Gasteiger partial charge in [0.25, 0.3) is 6.04 Å². The van der Waals surface area contributed by atoms with Gasteiger partial charge in [0.15, 0.2) is 5.82 Å². The number of hydrogen-bond acceptors (Lipinski definition) is 7. The van der Waals surface area contributed by atoms with Crippen LogP contribution in [-0.2, 0) is 4.74 Å². The van der Waals surface area contributed by atoms with E-state index in [0.717, 1.165) is 29.7 Å². The number of aromatic amines is 1. The van der Waals surface area contributed by atoms with E-state index in [1.54, 1.807) is 11.1 Å². The Morgan fingerprint density at radius 2 is 2.15 bits per heavy atom. The van der Waals surface area contributed by atoms with E-state index in [1.165, 1.54) is 0 Å². The van der Waals surface area contributed by atoms with Gasteiger partial charge in [0.05, 0.1) is 12.1 Å². The zero-order valence-electron chi connectivity index (χ0n) is 18.8. The normalized spacial score (nSPS) is 23.0. The minimum Gasteiger partial charge on any atom is -0.444 e. The van der Waals surface area contributed by atoms with Crippen LogP contribution in [-0.4, -0.2) is 61.9 Å². The summed E-state index contributed by atoms with van der Waals surface area (Å²) < 4.78 is 10.6. The van der Waals surface area contributed by atoms with Crippen molar-refractivity contribution in [2.24, 2.45) is 10.9 Å². The maximum absolute atomic E-state index is 12.7. The van der Waals surface area contributed by atoms with Crippen molar-refractivity contribution in [1.82, 2.24) is 25.4 Å². The summed E-state index contributed by atoms with van der Waals surface area (Å²) in [5.41, 5.74) is 3.15. The van der Waals surface area contributed by atoms with Gasteiger partial charge in [-0.2, -0.15) is 5.10 Å². The van der Waals surface area contributed by atoms with Crippen LogP contribution in [0, 0.1) is 12.5 Å². The molecule has 3 aromatic rings. The molecule has 3 atom stereocenters. The lowest BCUT2D eigenvalue weighted by Crippen LogP contribution is -2.47. The minimum atomic E-state index is -0.564.